The molecule has 6 nitrogen and oxygen atoms in total. The maximum atomic E-state index is 13.9. The molecule has 1 aliphatic heterocycles. The minimum Gasteiger partial charge on any atom is -0.278 e. The number of rotatable bonds is 2. The number of nitrogens with zero attached hydrogens (tertiary/aromatic N) is 2. The van der Waals surface area contributed by atoms with E-state index < -0.39 is 22.2 Å². The van der Waals surface area contributed by atoms with Crippen LogP contribution in [0.2, 0.25) is 0 Å². The molecule has 0 unspecified atom stereocenters. The van der Waals surface area contributed by atoms with E-state index in [2.05, 4.69) is 0 Å². The molecule has 1 saturated heterocycles. The summed E-state index contributed by atoms with van der Waals surface area (Å²) >= 11 is 0. The maximum Gasteiger partial charge on any atom is 0.270 e. The van der Waals surface area contributed by atoms with Gasteiger partial charge in [0.2, 0.25) is 5.91 Å². The fraction of sp³-hybridized carbons (Fsp3) is 0.333. The second kappa shape index (κ2) is 4.75. The van der Waals surface area contributed by atoms with E-state index in [0.717, 1.165) is 17.0 Å². The monoisotopic (exact) mass is 266 g/mol. The first-order valence-electron chi connectivity index (χ1n) is 5.71. The Morgan fingerprint density at radius 1 is 1.47 bits per heavy atom. The van der Waals surface area contributed by atoms with Gasteiger partial charge >= 0.3 is 0 Å². The summed E-state index contributed by atoms with van der Waals surface area (Å²) in [6, 6.07) is 1.92. The smallest absolute Gasteiger partial charge is 0.270 e. The van der Waals surface area contributed by atoms with Gasteiger partial charge in [-0.15, -0.1) is 0 Å². The van der Waals surface area contributed by atoms with Gasteiger partial charge in [-0.3, -0.25) is 24.6 Å². The lowest BCUT2D eigenvalue weighted by Gasteiger charge is -2.14. The van der Waals surface area contributed by atoms with E-state index in [-0.39, 0.29) is 30.1 Å². The normalized spacial score (nSPS) is 14.8. The SMILES string of the molecule is Cc1cc([N+](=O)[O-])cc(C(=O)N2CCCC2=O)c1F. The number of aryl methyl sites for hydroxylation is 1. The van der Waals surface area contributed by atoms with Crippen molar-refractivity contribution in [2.24, 2.45) is 0 Å². The quantitative estimate of drug-likeness (QED) is 0.464. The van der Waals surface area contributed by atoms with Crippen LogP contribution in [0.5, 0.6) is 0 Å². The standard InChI is InChI=1S/C12H11FN2O4/c1-7-5-8(15(18)19)6-9(11(7)13)12(17)14-4-2-3-10(14)16/h5-6H,2-4H2,1H3. The molecule has 7 heteroatoms. The summed E-state index contributed by atoms with van der Waals surface area (Å²) in [6.45, 7) is 1.56. The Hall–Kier alpha value is -2.31. The van der Waals surface area contributed by atoms with Gasteiger partial charge in [0.25, 0.3) is 11.6 Å². The van der Waals surface area contributed by atoms with Gasteiger partial charge in [-0.1, -0.05) is 0 Å². The number of nitro benzene ring substituents is 1. The van der Waals surface area contributed by atoms with E-state index in [0.29, 0.717) is 6.42 Å². The topological polar surface area (TPSA) is 80.5 Å². The summed E-state index contributed by atoms with van der Waals surface area (Å²) in [7, 11) is 0. The van der Waals surface area contributed by atoms with Crippen LogP contribution in [0.25, 0.3) is 0 Å². The lowest BCUT2D eigenvalue weighted by Crippen LogP contribution is -2.32. The van der Waals surface area contributed by atoms with E-state index in [4.69, 9.17) is 0 Å². The van der Waals surface area contributed by atoms with Crippen molar-refractivity contribution < 1.29 is 18.9 Å². The summed E-state index contributed by atoms with van der Waals surface area (Å²) in [4.78, 5) is 34.4. The molecule has 1 aromatic rings. The predicted octanol–water partition coefficient (Wildman–Crippen LogP) is 1.80. The second-order valence-electron chi connectivity index (χ2n) is 4.34. The molecule has 0 spiro atoms. The highest BCUT2D eigenvalue weighted by Crippen LogP contribution is 2.24. The molecule has 0 N–H and O–H groups in total. The van der Waals surface area contributed by atoms with Crippen molar-refractivity contribution in [3.8, 4) is 0 Å². The number of halogens is 1. The van der Waals surface area contributed by atoms with Gasteiger partial charge in [0.05, 0.1) is 10.5 Å². The fourth-order valence-corrected chi connectivity index (χ4v) is 2.02. The number of benzene rings is 1. The fourth-order valence-electron chi connectivity index (χ4n) is 2.02. The number of hydrogen-bond donors (Lipinski definition) is 0. The summed E-state index contributed by atoms with van der Waals surface area (Å²) in [6.07, 6.45) is 0.765. The molecule has 1 aromatic carbocycles. The number of likely N-dealkylation sites (tertiary alicyclic amines) is 1. The first kappa shape index (κ1) is 13.1. The molecule has 0 bridgehead atoms. The van der Waals surface area contributed by atoms with E-state index in [1.165, 1.54) is 6.92 Å². The highest BCUT2D eigenvalue weighted by atomic mass is 19.1. The molecule has 1 heterocycles. The van der Waals surface area contributed by atoms with Crippen LogP contribution < -0.4 is 0 Å². The molecule has 0 radical (unpaired) electrons. The first-order valence-corrected chi connectivity index (χ1v) is 5.71. The Kier molecular flexibility index (Phi) is 3.28. The molecule has 0 aliphatic carbocycles. The zero-order valence-electron chi connectivity index (χ0n) is 10.2. The zero-order chi connectivity index (χ0) is 14.2. The highest BCUT2D eigenvalue weighted by Gasteiger charge is 2.30. The van der Waals surface area contributed by atoms with Gasteiger partial charge in [0.1, 0.15) is 5.82 Å². The molecule has 100 valence electrons. The van der Waals surface area contributed by atoms with Crippen molar-refractivity contribution in [1.29, 1.82) is 0 Å². The number of nitro groups is 1. The largest absolute Gasteiger partial charge is 0.278 e. The van der Waals surface area contributed by atoms with Gasteiger partial charge in [-0.05, 0) is 18.9 Å². The third kappa shape index (κ3) is 2.31. The summed E-state index contributed by atoms with van der Waals surface area (Å²) in [5, 5.41) is 10.7. The molecule has 2 amide bonds. The molecule has 1 aliphatic rings. The summed E-state index contributed by atoms with van der Waals surface area (Å²) in [5.41, 5.74) is -0.792. The Morgan fingerprint density at radius 2 is 2.16 bits per heavy atom. The Bertz CT molecular complexity index is 585. The molecule has 0 atom stereocenters. The molecule has 2 rings (SSSR count). The Morgan fingerprint density at radius 3 is 2.68 bits per heavy atom. The van der Waals surface area contributed by atoms with Crippen LogP contribution in [-0.2, 0) is 4.79 Å². The third-order valence-electron chi connectivity index (χ3n) is 3.00. The van der Waals surface area contributed by atoms with E-state index >= 15 is 0 Å². The van der Waals surface area contributed by atoms with Crippen molar-refractivity contribution in [3.63, 3.8) is 0 Å². The molecular weight excluding hydrogens is 255 g/mol. The lowest BCUT2D eigenvalue weighted by molar-refractivity contribution is -0.385. The average molecular weight is 266 g/mol. The Labute approximate surface area is 108 Å². The van der Waals surface area contributed by atoms with Gasteiger partial charge < -0.3 is 0 Å². The van der Waals surface area contributed by atoms with Crippen LogP contribution in [-0.4, -0.2) is 28.2 Å². The van der Waals surface area contributed by atoms with Crippen LogP contribution in [0.3, 0.4) is 0 Å². The van der Waals surface area contributed by atoms with Crippen LogP contribution >= 0.6 is 0 Å². The highest BCUT2D eigenvalue weighted by molar-refractivity contribution is 6.06. The van der Waals surface area contributed by atoms with E-state index in [9.17, 15) is 24.1 Å². The lowest BCUT2D eigenvalue weighted by atomic mass is 10.1. The van der Waals surface area contributed by atoms with Gasteiger partial charge in [0.15, 0.2) is 0 Å². The minimum absolute atomic E-state index is 0.00389. The number of amides is 2. The van der Waals surface area contributed by atoms with Crippen LogP contribution in [0.4, 0.5) is 10.1 Å². The van der Waals surface area contributed by atoms with Gasteiger partial charge in [0, 0.05) is 25.1 Å². The second-order valence-corrected chi connectivity index (χ2v) is 4.34. The maximum absolute atomic E-state index is 13.9. The Balaban J connectivity index is 2.46. The predicted molar refractivity (Wildman–Crippen MR) is 63.1 cm³/mol. The minimum atomic E-state index is -0.824. The van der Waals surface area contributed by atoms with Crippen molar-refractivity contribution in [3.05, 3.63) is 39.2 Å². The summed E-state index contributed by atoms with van der Waals surface area (Å²) in [5.74, 6) is -2.02. The van der Waals surface area contributed by atoms with Crippen LogP contribution in [0.1, 0.15) is 28.8 Å². The molecule has 1 fully saturated rings. The van der Waals surface area contributed by atoms with E-state index in [1.54, 1.807) is 0 Å². The number of imide groups is 1. The zero-order valence-corrected chi connectivity index (χ0v) is 10.2. The number of non-ortho nitro benzene ring substituents is 1. The van der Waals surface area contributed by atoms with Crippen LogP contribution in [0, 0.1) is 22.9 Å². The average Bonchev–Trinajstić information content (AvgIpc) is 2.77. The van der Waals surface area contributed by atoms with Crippen molar-refractivity contribution >= 4 is 17.5 Å². The van der Waals surface area contributed by atoms with Crippen molar-refractivity contribution in [1.82, 2.24) is 4.90 Å². The number of hydrogen-bond acceptors (Lipinski definition) is 4. The van der Waals surface area contributed by atoms with Gasteiger partial charge in [-0.25, -0.2) is 4.39 Å². The number of carbonyl (C=O) groups is 2. The molecule has 0 aromatic heterocycles. The molecule has 19 heavy (non-hydrogen) atoms. The van der Waals surface area contributed by atoms with Crippen molar-refractivity contribution in [2.45, 2.75) is 19.8 Å². The van der Waals surface area contributed by atoms with Gasteiger partial charge in [-0.2, -0.15) is 0 Å². The summed E-state index contributed by atoms with van der Waals surface area (Å²) < 4.78 is 13.9. The van der Waals surface area contributed by atoms with Crippen LogP contribution in [0.15, 0.2) is 12.1 Å². The number of carbonyl (C=O) groups excluding carboxylic acids is 2. The molecule has 0 saturated carbocycles. The first-order chi connectivity index (χ1) is 8.91. The third-order valence-corrected chi connectivity index (χ3v) is 3.00. The van der Waals surface area contributed by atoms with Crippen molar-refractivity contribution in [2.75, 3.05) is 6.54 Å². The molecular formula is C12H11FN2O4. The van der Waals surface area contributed by atoms with E-state index in [1.807, 2.05) is 0 Å².